The van der Waals surface area contributed by atoms with E-state index in [2.05, 4.69) is 48.9 Å². The molecule has 0 spiro atoms. The molecule has 1 aromatic heterocycles. The molecule has 5 heteroatoms. The van der Waals surface area contributed by atoms with Gasteiger partial charge in [0.25, 0.3) is 0 Å². The van der Waals surface area contributed by atoms with Gasteiger partial charge in [-0.15, -0.1) is 23.7 Å². The Bertz CT molecular complexity index is 593. The minimum absolute atomic E-state index is 0. The molecule has 2 nitrogen and oxygen atoms in total. The van der Waals surface area contributed by atoms with Crippen LogP contribution >= 0.6 is 23.7 Å². The topological polar surface area (TPSA) is 38.4 Å². The second kappa shape index (κ2) is 4.92. The molecule has 102 valence electrons. The fourth-order valence-electron chi connectivity index (χ4n) is 2.27. The Labute approximate surface area is 125 Å². The molecule has 3 rings (SSSR count). The van der Waals surface area contributed by atoms with Crippen molar-refractivity contribution in [2.24, 2.45) is 10.7 Å². The van der Waals surface area contributed by atoms with E-state index in [9.17, 15) is 0 Å². The lowest BCUT2D eigenvalue weighted by Crippen LogP contribution is -2.34. The summed E-state index contributed by atoms with van der Waals surface area (Å²) in [6.45, 7) is 7.14. The molecule has 0 saturated heterocycles. The number of aliphatic imine (C=N–C) groups is 1. The average Bonchev–Trinajstić information content (AvgIpc) is 2.58. The highest BCUT2D eigenvalue weighted by Gasteiger charge is 2.28. The molecule has 2 N–H and O–H groups in total. The summed E-state index contributed by atoms with van der Waals surface area (Å²) in [6, 6.07) is 2.62. The van der Waals surface area contributed by atoms with Crippen LogP contribution in [0, 0.1) is 0 Å². The van der Waals surface area contributed by atoms with E-state index in [1.807, 2.05) is 11.3 Å². The van der Waals surface area contributed by atoms with E-state index in [4.69, 9.17) is 5.73 Å². The number of fused-ring (bicyclic) bond motifs is 1. The average molecular weight is 311 g/mol. The summed E-state index contributed by atoms with van der Waals surface area (Å²) in [6.07, 6.45) is 7.35. The van der Waals surface area contributed by atoms with Crippen LogP contribution in [0.25, 0.3) is 0 Å². The van der Waals surface area contributed by atoms with Gasteiger partial charge < -0.3 is 5.73 Å². The Morgan fingerprint density at radius 2 is 2.05 bits per heavy atom. The maximum atomic E-state index is 6.13. The predicted molar refractivity (Wildman–Crippen MR) is 90.0 cm³/mol. The van der Waals surface area contributed by atoms with Gasteiger partial charge in [-0.05, 0) is 21.7 Å². The molecular formula is C14H19ClN2SSi. The summed E-state index contributed by atoms with van der Waals surface area (Å²) in [5, 5.41) is 0. The first kappa shape index (κ1) is 14.6. The predicted octanol–water partition coefficient (Wildman–Crippen LogP) is 2.84. The molecule has 0 saturated carbocycles. The minimum Gasteiger partial charge on any atom is -0.383 e. The molecule has 0 radical (unpaired) electrons. The van der Waals surface area contributed by atoms with Crippen LogP contribution in [0.3, 0.4) is 0 Å². The molecule has 1 aliphatic carbocycles. The molecule has 0 bridgehead atoms. The van der Waals surface area contributed by atoms with Crippen molar-refractivity contribution in [1.82, 2.24) is 0 Å². The van der Waals surface area contributed by atoms with Gasteiger partial charge in [0.2, 0.25) is 0 Å². The first-order valence-corrected chi connectivity index (χ1v) is 10.6. The summed E-state index contributed by atoms with van der Waals surface area (Å²) in [5.41, 5.74) is 8.84. The Balaban J connectivity index is 0.00000133. The van der Waals surface area contributed by atoms with Crippen LogP contribution in [-0.4, -0.2) is 20.0 Å². The molecule has 1 aliphatic heterocycles. The molecule has 1 atom stereocenters. The van der Waals surface area contributed by atoms with Crippen molar-refractivity contribution in [3.05, 3.63) is 40.3 Å². The smallest absolute Gasteiger partial charge is 0.136 e. The van der Waals surface area contributed by atoms with Crippen LogP contribution in [0.1, 0.15) is 10.4 Å². The number of hydrogen-bond donors (Lipinski definition) is 1. The summed E-state index contributed by atoms with van der Waals surface area (Å²) in [4.78, 5) is 5.86. The van der Waals surface area contributed by atoms with Crippen molar-refractivity contribution in [3.63, 3.8) is 0 Å². The van der Waals surface area contributed by atoms with Crippen LogP contribution in [0.15, 0.2) is 34.9 Å². The van der Waals surface area contributed by atoms with E-state index in [1.165, 1.54) is 20.5 Å². The Morgan fingerprint density at radius 1 is 1.37 bits per heavy atom. The van der Waals surface area contributed by atoms with Crippen molar-refractivity contribution < 1.29 is 0 Å². The van der Waals surface area contributed by atoms with E-state index < -0.39 is 8.07 Å². The van der Waals surface area contributed by atoms with E-state index in [1.54, 1.807) is 0 Å². The largest absolute Gasteiger partial charge is 0.383 e. The van der Waals surface area contributed by atoms with Gasteiger partial charge in [-0.1, -0.05) is 37.9 Å². The minimum atomic E-state index is -1.24. The van der Waals surface area contributed by atoms with Gasteiger partial charge >= 0.3 is 0 Å². The third-order valence-corrected chi connectivity index (χ3v) is 8.23. The van der Waals surface area contributed by atoms with Gasteiger partial charge in [-0.25, -0.2) is 0 Å². The second-order valence-electron chi connectivity index (χ2n) is 5.98. The van der Waals surface area contributed by atoms with Gasteiger partial charge in [0, 0.05) is 6.42 Å². The number of thiophene rings is 1. The Hall–Kier alpha value is -0.843. The molecule has 2 aliphatic rings. The zero-order valence-electron chi connectivity index (χ0n) is 11.4. The van der Waals surface area contributed by atoms with Crippen LogP contribution in [0.4, 0.5) is 0 Å². The third kappa shape index (κ3) is 2.57. The lowest BCUT2D eigenvalue weighted by Gasteiger charge is -2.22. The maximum Gasteiger partial charge on any atom is 0.136 e. The first-order chi connectivity index (χ1) is 8.45. The van der Waals surface area contributed by atoms with Gasteiger partial charge in [0.1, 0.15) is 5.84 Å². The second-order valence-corrected chi connectivity index (χ2v) is 12.4. The Morgan fingerprint density at radius 3 is 2.58 bits per heavy atom. The lowest BCUT2D eigenvalue weighted by atomic mass is 9.93. The fourth-order valence-corrected chi connectivity index (χ4v) is 5.26. The van der Waals surface area contributed by atoms with Crippen LogP contribution in [0.2, 0.25) is 19.6 Å². The first-order valence-electron chi connectivity index (χ1n) is 6.30. The number of nitrogens with two attached hydrogens (primary N) is 1. The van der Waals surface area contributed by atoms with E-state index in [0.717, 1.165) is 12.3 Å². The molecular weight excluding hydrogens is 292 g/mol. The third-order valence-electron chi connectivity index (χ3n) is 3.45. The summed E-state index contributed by atoms with van der Waals surface area (Å²) in [7, 11) is -1.24. The quantitative estimate of drug-likeness (QED) is 0.838. The molecule has 0 amide bonds. The van der Waals surface area contributed by atoms with Gasteiger partial charge in [-0.2, -0.15) is 0 Å². The van der Waals surface area contributed by atoms with Crippen molar-refractivity contribution >= 4 is 42.2 Å². The standard InChI is InChI=1S/C14H18N2SSi.ClH/c1-18(2,3)12-8-10-7-11(9-5-4-6-9)16-14(15)13(10)17-12;/h4-6,8,11H,7H2,1-3H3,(H2,15,16);1H. The molecule has 0 fully saturated rings. The highest BCUT2D eigenvalue weighted by Crippen LogP contribution is 2.29. The van der Waals surface area contributed by atoms with Crippen LogP contribution in [0.5, 0.6) is 0 Å². The van der Waals surface area contributed by atoms with Crippen molar-refractivity contribution in [3.8, 4) is 0 Å². The van der Waals surface area contributed by atoms with Gasteiger partial charge in [0.05, 0.1) is 19.0 Å². The zero-order valence-corrected chi connectivity index (χ0v) is 14.1. The zero-order chi connectivity index (χ0) is 12.9. The SMILES string of the molecule is C[Si](C)(C)c1cc2c(s1)C(N)=NC(C1=CC=C1)C2.Cl. The molecule has 1 unspecified atom stereocenters. The number of allylic oxidation sites excluding steroid dienone is 2. The molecule has 1 aromatic rings. The fraction of sp³-hybridized carbons (Fsp3) is 0.357. The van der Waals surface area contributed by atoms with Crippen LogP contribution in [-0.2, 0) is 6.42 Å². The highest BCUT2D eigenvalue weighted by molar-refractivity contribution is 7.27. The maximum absolute atomic E-state index is 6.13. The number of rotatable bonds is 2. The number of hydrogen-bond acceptors (Lipinski definition) is 3. The summed E-state index contributed by atoms with van der Waals surface area (Å²) in [5.74, 6) is 0.733. The monoisotopic (exact) mass is 310 g/mol. The summed E-state index contributed by atoms with van der Waals surface area (Å²) >= 11 is 1.86. The van der Waals surface area contributed by atoms with E-state index in [0.29, 0.717) is 0 Å². The van der Waals surface area contributed by atoms with E-state index >= 15 is 0 Å². The normalized spacial score (nSPS) is 20.9. The molecule has 0 aromatic carbocycles. The van der Waals surface area contributed by atoms with E-state index in [-0.39, 0.29) is 18.4 Å². The molecule has 19 heavy (non-hydrogen) atoms. The Kier molecular flexibility index (Phi) is 3.77. The van der Waals surface area contributed by atoms with Crippen molar-refractivity contribution in [1.29, 1.82) is 0 Å². The number of amidine groups is 1. The molecule has 2 heterocycles. The van der Waals surface area contributed by atoms with Gasteiger partial charge in [0.15, 0.2) is 0 Å². The van der Waals surface area contributed by atoms with Crippen LogP contribution < -0.4 is 10.2 Å². The number of nitrogens with zero attached hydrogens (tertiary/aromatic N) is 1. The van der Waals surface area contributed by atoms with Crippen molar-refractivity contribution in [2.45, 2.75) is 32.1 Å². The van der Waals surface area contributed by atoms with Crippen molar-refractivity contribution in [2.75, 3.05) is 0 Å². The summed E-state index contributed by atoms with van der Waals surface area (Å²) < 4.78 is 1.53. The lowest BCUT2D eigenvalue weighted by molar-refractivity contribution is 0.765. The van der Waals surface area contributed by atoms with Gasteiger partial charge in [-0.3, -0.25) is 4.99 Å². The number of halogens is 1. The highest BCUT2D eigenvalue weighted by atomic mass is 35.5.